The molecular weight excluding hydrogens is 370 g/mol. The molecule has 2 heterocycles. The van der Waals surface area contributed by atoms with Crippen LogP contribution in [0.15, 0.2) is 47.9 Å². The summed E-state index contributed by atoms with van der Waals surface area (Å²) in [5, 5.41) is 12.8. The van der Waals surface area contributed by atoms with Crippen LogP contribution < -0.4 is 15.6 Å². The van der Waals surface area contributed by atoms with Crippen molar-refractivity contribution in [1.82, 2.24) is 14.5 Å². The van der Waals surface area contributed by atoms with Crippen molar-refractivity contribution in [2.24, 2.45) is 7.05 Å². The van der Waals surface area contributed by atoms with Crippen LogP contribution in [-0.4, -0.2) is 31.8 Å². The maximum atomic E-state index is 13.8. The Morgan fingerprint density at radius 2 is 2.07 bits per heavy atom. The van der Waals surface area contributed by atoms with Gasteiger partial charge in [-0.05, 0) is 25.1 Å². The first-order valence-corrected chi connectivity index (χ1v) is 8.29. The molecule has 2 N–H and O–H groups in total. The van der Waals surface area contributed by atoms with Crippen LogP contribution in [0.4, 0.5) is 14.7 Å². The minimum Gasteiger partial charge on any atom is -0.445 e. The predicted molar refractivity (Wildman–Crippen MR) is 101 cm³/mol. The van der Waals surface area contributed by atoms with Crippen molar-refractivity contribution >= 4 is 17.0 Å². The maximum absolute atomic E-state index is 13.8. The van der Waals surface area contributed by atoms with E-state index in [0.29, 0.717) is 5.39 Å². The molecule has 1 atom stereocenters. The third kappa shape index (κ3) is 3.56. The Balaban J connectivity index is 2.05. The van der Waals surface area contributed by atoms with E-state index in [1.807, 2.05) is 0 Å². The lowest BCUT2D eigenvalue weighted by molar-refractivity contribution is 0.249. The lowest BCUT2D eigenvalue weighted by Gasteiger charge is -2.24. The molecule has 0 aliphatic carbocycles. The van der Waals surface area contributed by atoms with Crippen LogP contribution in [0.5, 0.6) is 11.5 Å². The molecule has 0 amide bonds. The van der Waals surface area contributed by atoms with Gasteiger partial charge in [-0.3, -0.25) is 9.36 Å². The summed E-state index contributed by atoms with van der Waals surface area (Å²) in [4.78, 5) is 21.0. The number of aryl methyl sites for hydroxylation is 1. The van der Waals surface area contributed by atoms with Crippen molar-refractivity contribution in [2.45, 2.75) is 12.5 Å². The van der Waals surface area contributed by atoms with Crippen molar-refractivity contribution in [3.8, 4) is 11.5 Å². The molecule has 28 heavy (non-hydrogen) atoms. The number of fused-ring (bicyclic) bond motifs is 1. The molecule has 0 aliphatic rings. The molecule has 3 rings (SSSR count). The molecule has 9 heteroatoms. The highest BCUT2D eigenvalue weighted by molar-refractivity contribution is 5.77. The number of ether oxygens (including phenoxy) is 1. The number of aliphatic hydroxyl groups is 1. The first kappa shape index (κ1) is 19.4. The fourth-order valence-corrected chi connectivity index (χ4v) is 2.45. The molecule has 0 saturated carbocycles. The van der Waals surface area contributed by atoms with Crippen molar-refractivity contribution in [3.05, 3.63) is 65.1 Å². The van der Waals surface area contributed by atoms with Gasteiger partial charge in [-0.25, -0.2) is 13.8 Å². The van der Waals surface area contributed by atoms with Crippen LogP contribution in [0, 0.1) is 11.6 Å². The Morgan fingerprint density at radius 3 is 2.68 bits per heavy atom. The molecule has 7 nitrogen and oxygen atoms in total. The van der Waals surface area contributed by atoms with Crippen LogP contribution in [0.3, 0.4) is 0 Å². The van der Waals surface area contributed by atoms with Crippen LogP contribution in [0.25, 0.3) is 11.0 Å². The Morgan fingerprint density at radius 1 is 1.39 bits per heavy atom. The van der Waals surface area contributed by atoms with E-state index in [0.717, 1.165) is 12.1 Å². The van der Waals surface area contributed by atoms with Gasteiger partial charge >= 0.3 is 0 Å². The summed E-state index contributed by atoms with van der Waals surface area (Å²) in [6.07, 6.45) is 2.94. The molecule has 0 saturated heterocycles. The molecule has 3 aromatic rings. The summed E-state index contributed by atoms with van der Waals surface area (Å²) in [7, 11) is 1.45. The molecular formula is C19H18F2N4O3. The summed E-state index contributed by atoms with van der Waals surface area (Å²) >= 11 is 0. The maximum Gasteiger partial charge on any atom is 0.294 e. The van der Waals surface area contributed by atoms with E-state index in [1.54, 1.807) is 6.92 Å². The number of nitrogens with zero attached hydrogens (tertiary/aromatic N) is 3. The number of anilines is 1. The normalized spacial score (nSPS) is 13.2. The highest BCUT2D eigenvalue weighted by Crippen LogP contribution is 2.27. The topological polar surface area (TPSA) is 89.3 Å². The Bertz CT molecular complexity index is 1100. The van der Waals surface area contributed by atoms with Crippen LogP contribution in [0.1, 0.15) is 6.92 Å². The summed E-state index contributed by atoms with van der Waals surface area (Å²) in [6, 6.07) is 4.57. The van der Waals surface area contributed by atoms with E-state index in [-0.39, 0.29) is 24.0 Å². The number of nitrogens with one attached hydrogen (secondary N) is 1. The van der Waals surface area contributed by atoms with E-state index in [1.165, 1.54) is 36.0 Å². The van der Waals surface area contributed by atoms with Gasteiger partial charge in [0.25, 0.3) is 5.56 Å². The first-order chi connectivity index (χ1) is 13.3. The Kier molecular flexibility index (Phi) is 5.10. The molecule has 0 fully saturated rings. The van der Waals surface area contributed by atoms with Gasteiger partial charge in [0, 0.05) is 18.6 Å². The van der Waals surface area contributed by atoms with Gasteiger partial charge in [-0.15, -0.1) is 6.58 Å². The van der Waals surface area contributed by atoms with E-state index in [2.05, 4.69) is 21.9 Å². The van der Waals surface area contributed by atoms with Crippen molar-refractivity contribution in [1.29, 1.82) is 0 Å². The number of para-hydroxylation sites is 1. The summed E-state index contributed by atoms with van der Waals surface area (Å²) in [5.74, 6) is -2.61. The zero-order valence-corrected chi connectivity index (χ0v) is 15.2. The third-order valence-corrected chi connectivity index (χ3v) is 4.22. The zero-order valence-electron chi connectivity index (χ0n) is 15.2. The van der Waals surface area contributed by atoms with Crippen LogP contribution in [0.2, 0.25) is 0 Å². The average Bonchev–Trinajstić information content (AvgIpc) is 2.69. The van der Waals surface area contributed by atoms with Crippen LogP contribution in [-0.2, 0) is 7.05 Å². The highest BCUT2D eigenvalue weighted by Gasteiger charge is 2.21. The molecule has 146 valence electrons. The molecule has 1 aromatic carbocycles. The predicted octanol–water partition coefficient (Wildman–Crippen LogP) is 2.75. The second-order valence-corrected chi connectivity index (χ2v) is 6.40. The largest absolute Gasteiger partial charge is 0.445 e. The average molecular weight is 388 g/mol. The molecule has 1 unspecified atom stereocenters. The second-order valence-electron chi connectivity index (χ2n) is 6.40. The van der Waals surface area contributed by atoms with Crippen LogP contribution >= 0.6 is 0 Å². The standard InChI is InChI=1S/C19H18F2N4O3/c1-4-19(2,10-26)24-18-22-9-11-8-14(17(27)25(3)16(11)23-18)28-15-12(20)6-5-7-13(15)21/h4-9,26H,1,10H2,2-3H3,(H,22,23,24). The number of rotatable bonds is 6. The number of aliphatic hydroxyl groups excluding tert-OH is 1. The molecule has 0 bridgehead atoms. The summed E-state index contributed by atoms with van der Waals surface area (Å²) in [6.45, 7) is 5.11. The second kappa shape index (κ2) is 7.35. The number of benzene rings is 1. The monoisotopic (exact) mass is 388 g/mol. The van der Waals surface area contributed by atoms with Crippen molar-refractivity contribution in [2.75, 3.05) is 11.9 Å². The summed E-state index contributed by atoms with van der Waals surface area (Å²) < 4.78 is 34.0. The van der Waals surface area contributed by atoms with Gasteiger partial charge in [0.15, 0.2) is 23.1 Å². The lowest BCUT2D eigenvalue weighted by atomic mass is 10.1. The van der Waals surface area contributed by atoms with Gasteiger partial charge in [0.2, 0.25) is 5.95 Å². The smallest absolute Gasteiger partial charge is 0.294 e. The van der Waals surface area contributed by atoms with Crippen molar-refractivity contribution in [3.63, 3.8) is 0 Å². The fourth-order valence-electron chi connectivity index (χ4n) is 2.45. The number of aromatic nitrogens is 3. The van der Waals surface area contributed by atoms with E-state index < -0.39 is 28.5 Å². The molecule has 0 spiro atoms. The number of hydrogen-bond donors (Lipinski definition) is 2. The van der Waals surface area contributed by atoms with Gasteiger partial charge in [0.05, 0.1) is 12.1 Å². The van der Waals surface area contributed by atoms with Gasteiger partial charge in [-0.1, -0.05) is 12.1 Å². The Labute approximate surface area is 158 Å². The first-order valence-electron chi connectivity index (χ1n) is 8.29. The molecule has 2 aromatic heterocycles. The molecule has 0 radical (unpaired) electrons. The Hall–Kier alpha value is -3.33. The van der Waals surface area contributed by atoms with Crippen molar-refractivity contribution < 1.29 is 18.6 Å². The number of hydrogen-bond acceptors (Lipinski definition) is 6. The van der Waals surface area contributed by atoms with Gasteiger partial charge in [-0.2, -0.15) is 4.98 Å². The van der Waals surface area contributed by atoms with E-state index in [9.17, 15) is 18.7 Å². The lowest BCUT2D eigenvalue weighted by Crippen LogP contribution is -2.37. The fraction of sp³-hybridized carbons (Fsp3) is 0.211. The number of pyridine rings is 1. The van der Waals surface area contributed by atoms with E-state index >= 15 is 0 Å². The zero-order chi connectivity index (χ0) is 20.5. The minimum atomic E-state index is -0.925. The summed E-state index contributed by atoms with van der Waals surface area (Å²) in [5.41, 5.74) is -1.21. The minimum absolute atomic E-state index is 0.174. The molecule has 0 aliphatic heterocycles. The quantitative estimate of drug-likeness (QED) is 0.631. The third-order valence-electron chi connectivity index (χ3n) is 4.22. The number of halogens is 2. The SMILES string of the molecule is C=CC(C)(CO)Nc1ncc2cc(Oc3c(F)cccc3F)c(=O)n(C)c2n1. The van der Waals surface area contributed by atoms with Gasteiger partial charge < -0.3 is 15.2 Å². The van der Waals surface area contributed by atoms with Gasteiger partial charge in [0.1, 0.15) is 5.65 Å². The highest BCUT2D eigenvalue weighted by atomic mass is 19.1. The van der Waals surface area contributed by atoms with E-state index in [4.69, 9.17) is 4.74 Å².